The number of alkyl halides is 3. The molecule has 0 bridgehead atoms. The third-order valence-corrected chi connectivity index (χ3v) is 5.62. The number of aromatic nitrogens is 1. The Morgan fingerprint density at radius 2 is 1.85 bits per heavy atom. The predicted molar refractivity (Wildman–Crippen MR) is 87.9 cm³/mol. The Morgan fingerprint density at radius 3 is 2.38 bits per heavy atom. The van der Waals surface area contributed by atoms with E-state index in [1.165, 1.54) is 37.3 Å². The van der Waals surface area contributed by atoms with Crippen molar-refractivity contribution < 1.29 is 27.9 Å². The summed E-state index contributed by atoms with van der Waals surface area (Å²) < 4.78 is 31.7. The van der Waals surface area contributed by atoms with Gasteiger partial charge in [0, 0.05) is 37.1 Å². The molecule has 2 saturated heterocycles. The lowest BCUT2D eigenvalue weighted by molar-refractivity contribution is -0.192. The summed E-state index contributed by atoms with van der Waals surface area (Å²) in [6, 6.07) is 1.05. The third-order valence-electron chi connectivity index (χ3n) is 5.04. The van der Waals surface area contributed by atoms with Gasteiger partial charge in [-0.3, -0.25) is 9.69 Å². The van der Waals surface area contributed by atoms with Gasteiger partial charge in [-0.2, -0.15) is 13.2 Å². The number of carboxylic acids is 1. The average Bonchev–Trinajstić information content (AvgIpc) is 3.00. The highest BCUT2D eigenvalue weighted by Crippen LogP contribution is 2.37. The van der Waals surface area contributed by atoms with Gasteiger partial charge in [0.2, 0.25) is 0 Å². The number of thiazole rings is 1. The number of nitrogens with zero attached hydrogens (tertiary/aromatic N) is 3. The molecule has 0 radical (unpaired) electrons. The summed E-state index contributed by atoms with van der Waals surface area (Å²) in [4.78, 5) is 30.2. The molecule has 1 aromatic heterocycles. The maximum absolute atomic E-state index is 12.4. The van der Waals surface area contributed by atoms with Crippen LogP contribution in [0.25, 0.3) is 0 Å². The molecule has 10 heteroatoms. The Hall–Kier alpha value is -1.68. The van der Waals surface area contributed by atoms with Crippen LogP contribution in [0.15, 0.2) is 10.9 Å². The Balaban J connectivity index is 0.000000242. The topological polar surface area (TPSA) is 73.7 Å². The number of rotatable bonds is 3. The maximum Gasteiger partial charge on any atom is 0.490 e. The second kappa shape index (κ2) is 7.51. The number of likely N-dealkylation sites (tertiary alicyclic amines) is 2. The number of halogens is 3. The largest absolute Gasteiger partial charge is 0.490 e. The molecule has 4 rings (SSSR count). The molecule has 1 saturated carbocycles. The number of fused-ring (bicyclic) bond motifs is 1. The fraction of sp³-hybridized carbons (Fsp3) is 0.688. The first-order valence-corrected chi connectivity index (χ1v) is 9.45. The van der Waals surface area contributed by atoms with Crippen molar-refractivity contribution in [1.29, 1.82) is 0 Å². The number of carboxylic acid groups (broad SMARTS) is 1. The van der Waals surface area contributed by atoms with E-state index in [0.717, 1.165) is 25.3 Å². The summed E-state index contributed by atoms with van der Waals surface area (Å²) in [7, 11) is 0. The number of hydrogen-bond acceptors (Lipinski definition) is 5. The van der Waals surface area contributed by atoms with Crippen LogP contribution in [0.1, 0.15) is 36.2 Å². The normalized spacial score (nSPS) is 25.6. The quantitative estimate of drug-likeness (QED) is 0.857. The van der Waals surface area contributed by atoms with Crippen LogP contribution in [-0.2, 0) is 4.79 Å². The third kappa shape index (κ3) is 4.35. The monoisotopic (exact) mass is 391 g/mol. The SMILES string of the molecule is O=C(O)C(F)(F)F.O=C(c1cscn1)N1CC[C@@H]2[C@@H]1CCN2CC1CC1. The lowest BCUT2D eigenvalue weighted by Gasteiger charge is -2.25. The summed E-state index contributed by atoms with van der Waals surface area (Å²) in [5.41, 5.74) is 2.38. The van der Waals surface area contributed by atoms with Gasteiger partial charge in [0.1, 0.15) is 5.69 Å². The zero-order valence-corrected chi connectivity index (χ0v) is 14.8. The minimum absolute atomic E-state index is 0.141. The molecule has 6 nitrogen and oxygen atoms in total. The van der Waals surface area contributed by atoms with Crippen LogP contribution in [0.3, 0.4) is 0 Å². The molecule has 26 heavy (non-hydrogen) atoms. The van der Waals surface area contributed by atoms with Gasteiger partial charge in [-0.25, -0.2) is 9.78 Å². The second-order valence-corrected chi connectivity index (χ2v) is 7.54. The Morgan fingerprint density at radius 1 is 1.19 bits per heavy atom. The van der Waals surface area contributed by atoms with Crippen LogP contribution in [-0.4, -0.2) is 69.7 Å². The van der Waals surface area contributed by atoms with Gasteiger partial charge in [-0.1, -0.05) is 0 Å². The van der Waals surface area contributed by atoms with Crippen molar-refractivity contribution in [3.05, 3.63) is 16.6 Å². The van der Waals surface area contributed by atoms with Crippen molar-refractivity contribution in [1.82, 2.24) is 14.8 Å². The number of aliphatic carboxylic acids is 1. The van der Waals surface area contributed by atoms with Gasteiger partial charge in [-0.15, -0.1) is 11.3 Å². The number of carbonyl (C=O) groups excluding carboxylic acids is 1. The molecule has 0 unspecified atom stereocenters. The Labute approximate surface area is 152 Å². The van der Waals surface area contributed by atoms with Crippen LogP contribution >= 0.6 is 11.3 Å². The lowest BCUT2D eigenvalue weighted by Crippen LogP contribution is -2.40. The van der Waals surface area contributed by atoms with E-state index in [9.17, 15) is 18.0 Å². The molecule has 1 N–H and O–H groups in total. The first kappa shape index (κ1) is 19.1. The minimum atomic E-state index is -5.08. The van der Waals surface area contributed by atoms with Crippen LogP contribution < -0.4 is 0 Å². The molecule has 1 amide bonds. The van der Waals surface area contributed by atoms with Gasteiger partial charge >= 0.3 is 12.1 Å². The van der Waals surface area contributed by atoms with Gasteiger partial charge < -0.3 is 10.0 Å². The molecular formula is C16H20F3N3O3S. The molecule has 3 fully saturated rings. The summed E-state index contributed by atoms with van der Waals surface area (Å²) in [5.74, 6) is -1.67. The van der Waals surface area contributed by atoms with Crippen molar-refractivity contribution in [2.75, 3.05) is 19.6 Å². The van der Waals surface area contributed by atoms with Gasteiger partial charge in [0.25, 0.3) is 5.91 Å². The van der Waals surface area contributed by atoms with E-state index in [1.807, 2.05) is 5.38 Å². The van der Waals surface area contributed by atoms with E-state index in [1.54, 1.807) is 5.51 Å². The standard InChI is InChI=1S/C14H19N3OS.C2HF3O2/c18-14(11-8-19-9-15-11)17-6-4-12-13(17)3-5-16(12)7-10-1-2-10;3-2(4,5)1(6)7/h8-10,12-13H,1-7H2;(H,6,7)/t12-,13+;/m1./s1. The van der Waals surface area contributed by atoms with E-state index < -0.39 is 12.1 Å². The summed E-state index contributed by atoms with van der Waals surface area (Å²) >= 11 is 1.50. The van der Waals surface area contributed by atoms with Crippen molar-refractivity contribution >= 4 is 23.2 Å². The van der Waals surface area contributed by atoms with Crippen molar-refractivity contribution in [3.63, 3.8) is 0 Å². The van der Waals surface area contributed by atoms with E-state index in [2.05, 4.69) is 14.8 Å². The van der Waals surface area contributed by atoms with Crippen LogP contribution in [0, 0.1) is 5.92 Å². The zero-order valence-electron chi connectivity index (χ0n) is 14.0. The molecule has 3 heterocycles. The van der Waals surface area contributed by atoms with Crippen LogP contribution in [0.5, 0.6) is 0 Å². The van der Waals surface area contributed by atoms with Crippen molar-refractivity contribution in [3.8, 4) is 0 Å². The maximum atomic E-state index is 12.4. The molecule has 1 aromatic rings. The average molecular weight is 391 g/mol. The zero-order chi connectivity index (χ0) is 18.9. The van der Waals surface area contributed by atoms with Crippen molar-refractivity contribution in [2.45, 2.75) is 43.9 Å². The van der Waals surface area contributed by atoms with E-state index in [0.29, 0.717) is 17.8 Å². The number of hydrogen-bond donors (Lipinski definition) is 1. The molecule has 2 aliphatic heterocycles. The molecular weight excluding hydrogens is 371 g/mol. The predicted octanol–water partition coefficient (Wildman–Crippen LogP) is 2.48. The molecule has 3 aliphatic rings. The van der Waals surface area contributed by atoms with E-state index >= 15 is 0 Å². The fourth-order valence-corrected chi connectivity index (χ4v) is 4.18. The highest BCUT2D eigenvalue weighted by molar-refractivity contribution is 7.07. The lowest BCUT2D eigenvalue weighted by atomic mass is 10.1. The van der Waals surface area contributed by atoms with Crippen LogP contribution in [0.2, 0.25) is 0 Å². The van der Waals surface area contributed by atoms with E-state index in [-0.39, 0.29) is 5.91 Å². The number of amides is 1. The summed E-state index contributed by atoms with van der Waals surface area (Å²) in [6.07, 6.45) is 0.0330. The minimum Gasteiger partial charge on any atom is -0.475 e. The molecule has 2 atom stereocenters. The number of carbonyl (C=O) groups is 2. The molecule has 0 spiro atoms. The highest BCUT2D eigenvalue weighted by atomic mass is 32.1. The van der Waals surface area contributed by atoms with Gasteiger partial charge in [0.15, 0.2) is 0 Å². The van der Waals surface area contributed by atoms with Gasteiger partial charge in [-0.05, 0) is 31.6 Å². The Kier molecular flexibility index (Phi) is 5.52. The smallest absolute Gasteiger partial charge is 0.475 e. The Bertz CT molecular complexity index is 649. The highest BCUT2D eigenvalue weighted by Gasteiger charge is 2.45. The molecule has 144 valence electrons. The molecule has 1 aliphatic carbocycles. The molecule has 0 aromatic carbocycles. The van der Waals surface area contributed by atoms with Gasteiger partial charge in [0.05, 0.1) is 5.51 Å². The summed E-state index contributed by atoms with van der Waals surface area (Å²) in [6.45, 7) is 3.35. The first-order chi connectivity index (χ1) is 12.3. The fourth-order valence-electron chi connectivity index (χ4n) is 3.65. The second-order valence-electron chi connectivity index (χ2n) is 6.83. The first-order valence-electron chi connectivity index (χ1n) is 8.50. The van der Waals surface area contributed by atoms with E-state index in [4.69, 9.17) is 9.90 Å². The van der Waals surface area contributed by atoms with Crippen molar-refractivity contribution in [2.24, 2.45) is 5.92 Å². The van der Waals surface area contributed by atoms with Crippen LogP contribution in [0.4, 0.5) is 13.2 Å². The summed E-state index contributed by atoms with van der Waals surface area (Å²) in [5, 5.41) is 8.99.